The molecule has 2 fully saturated rings. The maximum atomic E-state index is 3.83. The molecule has 2 nitrogen and oxygen atoms in total. The van der Waals surface area contributed by atoms with Gasteiger partial charge < -0.3 is 10.2 Å². The number of benzene rings is 1. The van der Waals surface area contributed by atoms with Crippen LogP contribution < -0.4 is 5.32 Å². The Labute approximate surface area is 123 Å². The Balaban J connectivity index is 1.45. The lowest BCUT2D eigenvalue weighted by Crippen LogP contribution is -2.36. The van der Waals surface area contributed by atoms with Gasteiger partial charge in [-0.3, -0.25) is 0 Å². The molecule has 0 aromatic heterocycles. The van der Waals surface area contributed by atoms with Crippen LogP contribution in [0.2, 0.25) is 0 Å². The van der Waals surface area contributed by atoms with Gasteiger partial charge in [0.25, 0.3) is 0 Å². The fraction of sp³-hybridized carbons (Fsp3) is 0.667. The van der Waals surface area contributed by atoms with Crippen LogP contribution in [0.4, 0.5) is 0 Å². The molecule has 2 saturated carbocycles. The molecule has 1 N–H and O–H groups in total. The Kier molecular flexibility index (Phi) is 4.13. The molecule has 0 aliphatic heterocycles. The monoisotopic (exact) mass is 272 g/mol. The Morgan fingerprint density at radius 3 is 2.45 bits per heavy atom. The minimum absolute atomic E-state index is 0.593. The number of nitrogens with one attached hydrogen (secondary N) is 1. The van der Waals surface area contributed by atoms with E-state index in [4.69, 9.17) is 0 Å². The van der Waals surface area contributed by atoms with Gasteiger partial charge in [-0.15, -0.1) is 0 Å². The third-order valence-electron chi connectivity index (χ3n) is 5.17. The highest BCUT2D eigenvalue weighted by Crippen LogP contribution is 2.47. The van der Waals surface area contributed by atoms with Crippen molar-refractivity contribution < 1.29 is 0 Å². The van der Waals surface area contributed by atoms with E-state index >= 15 is 0 Å². The first-order chi connectivity index (χ1) is 9.76. The van der Waals surface area contributed by atoms with Crippen LogP contribution in [0.15, 0.2) is 30.3 Å². The van der Waals surface area contributed by atoms with Gasteiger partial charge in [0, 0.05) is 25.0 Å². The summed E-state index contributed by atoms with van der Waals surface area (Å²) in [7, 11) is 0. The van der Waals surface area contributed by atoms with E-state index in [1.807, 2.05) is 0 Å². The van der Waals surface area contributed by atoms with Crippen molar-refractivity contribution >= 4 is 0 Å². The van der Waals surface area contributed by atoms with E-state index in [1.165, 1.54) is 51.0 Å². The summed E-state index contributed by atoms with van der Waals surface area (Å²) in [6, 6.07) is 11.7. The second kappa shape index (κ2) is 5.87. The van der Waals surface area contributed by atoms with Crippen LogP contribution in [0.1, 0.15) is 44.6 Å². The molecule has 0 spiro atoms. The van der Waals surface area contributed by atoms with Crippen molar-refractivity contribution in [2.45, 2.75) is 45.1 Å². The van der Waals surface area contributed by atoms with E-state index < -0.39 is 0 Å². The summed E-state index contributed by atoms with van der Waals surface area (Å²) in [5.41, 5.74) is 2.11. The summed E-state index contributed by atoms with van der Waals surface area (Å²) >= 11 is 0. The number of hydrogen-bond donors (Lipinski definition) is 1. The van der Waals surface area contributed by atoms with Crippen LogP contribution in [0, 0.1) is 5.41 Å². The third-order valence-corrected chi connectivity index (χ3v) is 5.17. The molecular formula is C18H28N2. The molecule has 2 aliphatic rings. The molecule has 0 amide bonds. The lowest BCUT2D eigenvalue weighted by Gasteiger charge is -2.25. The second-order valence-corrected chi connectivity index (χ2v) is 6.70. The Morgan fingerprint density at radius 1 is 1.15 bits per heavy atom. The molecule has 2 heteroatoms. The number of hydrogen-bond acceptors (Lipinski definition) is 2. The van der Waals surface area contributed by atoms with Crippen molar-refractivity contribution in [1.29, 1.82) is 0 Å². The Morgan fingerprint density at radius 2 is 1.85 bits per heavy atom. The van der Waals surface area contributed by atoms with Gasteiger partial charge in [0.2, 0.25) is 0 Å². The predicted molar refractivity (Wildman–Crippen MR) is 85.0 cm³/mol. The van der Waals surface area contributed by atoms with Crippen molar-refractivity contribution in [1.82, 2.24) is 10.2 Å². The van der Waals surface area contributed by atoms with Crippen molar-refractivity contribution in [3.05, 3.63) is 35.9 Å². The smallest absolute Gasteiger partial charge is 0.0143 e. The zero-order chi connectivity index (χ0) is 14.0. The van der Waals surface area contributed by atoms with Gasteiger partial charge in [-0.1, -0.05) is 44.2 Å². The number of nitrogens with zero attached hydrogens (tertiary/aromatic N) is 1. The quantitative estimate of drug-likeness (QED) is 0.781. The summed E-state index contributed by atoms with van der Waals surface area (Å²) < 4.78 is 0. The molecule has 0 heterocycles. The van der Waals surface area contributed by atoms with Crippen LogP contribution in [0.25, 0.3) is 0 Å². The molecule has 0 radical (unpaired) electrons. The maximum absolute atomic E-state index is 3.83. The number of rotatable bonds is 8. The molecule has 3 rings (SSSR count). The fourth-order valence-corrected chi connectivity index (χ4v) is 3.33. The van der Waals surface area contributed by atoms with E-state index in [9.17, 15) is 0 Å². The molecule has 2 aliphatic carbocycles. The van der Waals surface area contributed by atoms with Crippen molar-refractivity contribution in [3.8, 4) is 0 Å². The lowest BCUT2D eigenvalue weighted by atomic mass is 10.1. The molecule has 0 saturated heterocycles. The molecule has 0 unspecified atom stereocenters. The molecule has 2 atom stereocenters. The zero-order valence-corrected chi connectivity index (χ0v) is 12.9. The van der Waals surface area contributed by atoms with Gasteiger partial charge in [0.15, 0.2) is 0 Å². The first-order valence-electron chi connectivity index (χ1n) is 8.27. The average molecular weight is 272 g/mol. The van der Waals surface area contributed by atoms with Crippen LogP contribution >= 0.6 is 0 Å². The zero-order valence-electron chi connectivity index (χ0n) is 12.9. The molecule has 1 aromatic carbocycles. The van der Waals surface area contributed by atoms with E-state index in [1.54, 1.807) is 0 Å². The van der Waals surface area contributed by atoms with Crippen LogP contribution in [0.5, 0.6) is 0 Å². The highest BCUT2D eigenvalue weighted by molar-refractivity contribution is 5.27. The SMILES string of the molecule is CCN(CC)CC1(CN[C@H]2C[C@@H]2c2ccccc2)CC1. The maximum Gasteiger partial charge on any atom is 0.0143 e. The molecule has 1 aromatic rings. The fourth-order valence-electron chi connectivity index (χ4n) is 3.33. The van der Waals surface area contributed by atoms with Gasteiger partial charge in [-0.05, 0) is 43.3 Å². The minimum Gasteiger partial charge on any atom is -0.313 e. The predicted octanol–water partition coefficient (Wildman–Crippen LogP) is 3.25. The normalized spacial score (nSPS) is 26.8. The Hall–Kier alpha value is -0.860. The summed E-state index contributed by atoms with van der Waals surface area (Å²) in [6.45, 7) is 9.44. The summed E-state index contributed by atoms with van der Waals surface area (Å²) in [5.74, 6) is 0.764. The first-order valence-corrected chi connectivity index (χ1v) is 8.27. The molecule has 110 valence electrons. The average Bonchev–Trinajstić information content (AvgIpc) is 3.40. The van der Waals surface area contributed by atoms with E-state index in [-0.39, 0.29) is 0 Å². The van der Waals surface area contributed by atoms with E-state index in [0.717, 1.165) is 12.0 Å². The molecule has 20 heavy (non-hydrogen) atoms. The van der Waals surface area contributed by atoms with E-state index in [0.29, 0.717) is 5.41 Å². The lowest BCUT2D eigenvalue weighted by molar-refractivity contribution is 0.234. The largest absolute Gasteiger partial charge is 0.313 e. The van der Waals surface area contributed by atoms with Gasteiger partial charge in [0.1, 0.15) is 0 Å². The van der Waals surface area contributed by atoms with Gasteiger partial charge >= 0.3 is 0 Å². The summed E-state index contributed by atoms with van der Waals surface area (Å²) in [6.07, 6.45) is 4.16. The first kappa shape index (κ1) is 14.1. The van der Waals surface area contributed by atoms with Crippen molar-refractivity contribution in [3.63, 3.8) is 0 Å². The minimum atomic E-state index is 0.593. The highest BCUT2D eigenvalue weighted by Gasteiger charge is 2.46. The standard InChI is InChI=1S/C18H28N2/c1-3-20(4-2)14-18(10-11-18)13-19-17-12-16(17)15-8-6-5-7-9-15/h5-9,16-17,19H,3-4,10-14H2,1-2H3/t16-,17+/m1/s1. The Bertz CT molecular complexity index is 420. The molecular weight excluding hydrogens is 244 g/mol. The molecule has 0 bridgehead atoms. The summed E-state index contributed by atoms with van der Waals surface area (Å²) in [4.78, 5) is 2.58. The van der Waals surface area contributed by atoms with E-state index in [2.05, 4.69) is 54.4 Å². The summed E-state index contributed by atoms with van der Waals surface area (Å²) in [5, 5.41) is 3.83. The van der Waals surface area contributed by atoms with Crippen LogP contribution in [-0.4, -0.2) is 37.1 Å². The van der Waals surface area contributed by atoms with Crippen LogP contribution in [0.3, 0.4) is 0 Å². The van der Waals surface area contributed by atoms with Gasteiger partial charge in [-0.2, -0.15) is 0 Å². The van der Waals surface area contributed by atoms with Gasteiger partial charge in [0.05, 0.1) is 0 Å². The highest BCUT2D eigenvalue weighted by atomic mass is 15.1. The van der Waals surface area contributed by atoms with Gasteiger partial charge in [-0.25, -0.2) is 0 Å². The second-order valence-electron chi connectivity index (χ2n) is 6.70. The topological polar surface area (TPSA) is 15.3 Å². The van der Waals surface area contributed by atoms with Crippen LogP contribution in [-0.2, 0) is 0 Å². The van der Waals surface area contributed by atoms with Crippen molar-refractivity contribution in [2.24, 2.45) is 5.41 Å². The third kappa shape index (κ3) is 3.24. The van der Waals surface area contributed by atoms with Crippen molar-refractivity contribution in [2.75, 3.05) is 26.2 Å².